The standard InChI is InChI=1S/C27H34N2O5/c1-7-20-14-19-17-23(33-6)9-11-25(19)29(20)13-12-21(30)15-18-16-22(32-5)8-10-24(18)28-26(31)34-27(2,3)4/h8-11,14,16-17H,7,12-13,15H2,1-6H3,(H,28,31). The van der Waals surface area contributed by atoms with Crippen LogP contribution in [0.25, 0.3) is 10.9 Å². The molecule has 1 amide bonds. The molecule has 0 atom stereocenters. The Morgan fingerprint density at radius 1 is 0.971 bits per heavy atom. The number of carbonyl (C=O) groups is 2. The van der Waals surface area contributed by atoms with Crippen molar-refractivity contribution in [2.75, 3.05) is 19.5 Å². The first kappa shape index (κ1) is 25.1. The molecule has 0 radical (unpaired) electrons. The van der Waals surface area contributed by atoms with Crippen LogP contribution in [0.2, 0.25) is 0 Å². The van der Waals surface area contributed by atoms with E-state index < -0.39 is 11.7 Å². The van der Waals surface area contributed by atoms with E-state index in [1.165, 1.54) is 5.69 Å². The summed E-state index contributed by atoms with van der Waals surface area (Å²) in [4.78, 5) is 25.3. The highest BCUT2D eigenvalue weighted by atomic mass is 16.6. The maximum absolute atomic E-state index is 13.0. The second-order valence-corrected chi connectivity index (χ2v) is 9.18. The molecule has 7 heteroatoms. The van der Waals surface area contributed by atoms with Crippen molar-refractivity contribution >= 4 is 28.5 Å². The van der Waals surface area contributed by atoms with Gasteiger partial charge in [-0.05, 0) is 75.2 Å². The van der Waals surface area contributed by atoms with Crippen molar-refractivity contribution in [3.63, 3.8) is 0 Å². The van der Waals surface area contributed by atoms with Crippen LogP contribution in [0.15, 0.2) is 42.5 Å². The van der Waals surface area contributed by atoms with Gasteiger partial charge in [-0.15, -0.1) is 0 Å². The van der Waals surface area contributed by atoms with Crippen LogP contribution < -0.4 is 14.8 Å². The first-order valence-corrected chi connectivity index (χ1v) is 11.5. The van der Waals surface area contributed by atoms with Crippen LogP contribution >= 0.6 is 0 Å². The number of nitrogens with zero attached hydrogens (tertiary/aromatic N) is 1. The third kappa shape index (κ3) is 6.31. The summed E-state index contributed by atoms with van der Waals surface area (Å²) in [6.45, 7) is 8.09. The number of benzene rings is 2. The second-order valence-electron chi connectivity index (χ2n) is 9.18. The molecule has 0 fully saturated rings. The second kappa shape index (κ2) is 10.6. The Kier molecular flexibility index (Phi) is 7.87. The summed E-state index contributed by atoms with van der Waals surface area (Å²) in [5.74, 6) is 1.50. The summed E-state index contributed by atoms with van der Waals surface area (Å²) in [6.07, 6.45) is 0.849. The number of methoxy groups -OCH3 is 2. The van der Waals surface area contributed by atoms with E-state index in [1.807, 2.05) is 18.2 Å². The van der Waals surface area contributed by atoms with Crippen LogP contribution in [0.5, 0.6) is 11.5 Å². The van der Waals surface area contributed by atoms with Crippen LogP contribution in [-0.4, -0.2) is 36.3 Å². The van der Waals surface area contributed by atoms with Gasteiger partial charge in [0.2, 0.25) is 0 Å². The quantitative estimate of drug-likeness (QED) is 0.433. The van der Waals surface area contributed by atoms with Gasteiger partial charge >= 0.3 is 6.09 Å². The zero-order valence-electron chi connectivity index (χ0n) is 20.9. The fraction of sp³-hybridized carbons (Fsp3) is 0.407. The van der Waals surface area contributed by atoms with Gasteiger partial charge in [0.05, 0.1) is 14.2 Å². The molecule has 0 aliphatic rings. The predicted molar refractivity (Wildman–Crippen MR) is 134 cm³/mol. The number of ether oxygens (including phenoxy) is 3. The van der Waals surface area contributed by atoms with E-state index in [0.717, 1.165) is 23.1 Å². The van der Waals surface area contributed by atoms with Crippen molar-refractivity contribution < 1.29 is 23.8 Å². The highest BCUT2D eigenvalue weighted by Crippen LogP contribution is 2.27. The number of anilines is 1. The van der Waals surface area contributed by atoms with E-state index in [1.54, 1.807) is 53.2 Å². The Bertz CT molecular complexity index is 1170. The summed E-state index contributed by atoms with van der Waals surface area (Å²) >= 11 is 0. The number of fused-ring (bicyclic) bond motifs is 1. The van der Waals surface area contributed by atoms with Crippen LogP contribution in [0.1, 0.15) is 45.4 Å². The largest absolute Gasteiger partial charge is 0.497 e. The van der Waals surface area contributed by atoms with Gasteiger partial charge in [-0.1, -0.05) is 6.92 Å². The van der Waals surface area contributed by atoms with E-state index in [9.17, 15) is 9.59 Å². The first-order valence-electron chi connectivity index (χ1n) is 11.5. The van der Waals surface area contributed by atoms with Crippen molar-refractivity contribution in [2.45, 2.75) is 59.1 Å². The molecule has 0 saturated heterocycles. The monoisotopic (exact) mass is 466 g/mol. The number of carbonyl (C=O) groups excluding carboxylic acids is 2. The number of nitrogens with one attached hydrogen (secondary N) is 1. The predicted octanol–water partition coefficient (Wildman–Crippen LogP) is 5.77. The third-order valence-electron chi connectivity index (χ3n) is 5.51. The maximum Gasteiger partial charge on any atom is 0.412 e. The van der Waals surface area contributed by atoms with Gasteiger partial charge in [-0.25, -0.2) is 4.79 Å². The number of aryl methyl sites for hydroxylation is 2. The number of rotatable bonds is 9. The fourth-order valence-corrected chi connectivity index (χ4v) is 3.91. The van der Waals surface area contributed by atoms with E-state index in [0.29, 0.717) is 30.0 Å². The minimum atomic E-state index is -0.618. The molecule has 0 aliphatic carbocycles. The van der Waals surface area contributed by atoms with Gasteiger partial charge in [0, 0.05) is 41.7 Å². The average Bonchev–Trinajstić information content (AvgIpc) is 3.14. The molecule has 34 heavy (non-hydrogen) atoms. The molecule has 182 valence electrons. The number of hydrogen-bond acceptors (Lipinski definition) is 5. The summed E-state index contributed by atoms with van der Waals surface area (Å²) in [6, 6.07) is 13.4. The Morgan fingerprint density at radius 3 is 2.29 bits per heavy atom. The van der Waals surface area contributed by atoms with Crippen molar-refractivity contribution in [2.24, 2.45) is 0 Å². The first-order chi connectivity index (χ1) is 16.1. The lowest BCUT2D eigenvalue weighted by atomic mass is 10.0. The lowest BCUT2D eigenvalue weighted by molar-refractivity contribution is -0.118. The SMILES string of the molecule is CCc1cc2cc(OC)ccc2n1CCC(=O)Cc1cc(OC)ccc1NC(=O)OC(C)(C)C. The van der Waals surface area contributed by atoms with Gasteiger partial charge in [-0.3, -0.25) is 10.1 Å². The van der Waals surface area contributed by atoms with Gasteiger partial charge in [0.25, 0.3) is 0 Å². The Hall–Kier alpha value is -3.48. The molecule has 0 saturated carbocycles. The zero-order chi connectivity index (χ0) is 24.9. The van der Waals surface area contributed by atoms with Crippen LogP contribution in [0.4, 0.5) is 10.5 Å². The molecule has 0 unspecified atom stereocenters. The molecule has 2 aromatic carbocycles. The molecule has 3 rings (SSSR count). The van der Waals surface area contributed by atoms with Crippen molar-refractivity contribution in [1.29, 1.82) is 0 Å². The molecule has 3 aromatic rings. The molecule has 7 nitrogen and oxygen atoms in total. The number of hydrogen-bond donors (Lipinski definition) is 1. The molecule has 1 N–H and O–H groups in total. The molecule has 0 spiro atoms. The lowest BCUT2D eigenvalue weighted by Gasteiger charge is -2.20. The van der Waals surface area contributed by atoms with Crippen LogP contribution in [-0.2, 0) is 28.9 Å². The summed E-state index contributed by atoms with van der Waals surface area (Å²) in [7, 11) is 3.22. The Balaban J connectivity index is 1.75. The fourth-order valence-electron chi connectivity index (χ4n) is 3.91. The zero-order valence-corrected chi connectivity index (χ0v) is 20.9. The van der Waals surface area contributed by atoms with Crippen LogP contribution in [0.3, 0.4) is 0 Å². The third-order valence-corrected chi connectivity index (χ3v) is 5.51. The molecule has 1 aromatic heterocycles. The highest BCUT2D eigenvalue weighted by Gasteiger charge is 2.19. The van der Waals surface area contributed by atoms with Gasteiger partial charge < -0.3 is 18.8 Å². The maximum atomic E-state index is 13.0. The average molecular weight is 467 g/mol. The molecular formula is C27H34N2O5. The van der Waals surface area contributed by atoms with E-state index >= 15 is 0 Å². The molecule has 0 bridgehead atoms. The van der Waals surface area contributed by atoms with E-state index in [2.05, 4.69) is 22.9 Å². The van der Waals surface area contributed by atoms with E-state index in [4.69, 9.17) is 14.2 Å². The summed E-state index contributed by atoms with van der Waals surface area (Å²) in [5, 5.41) is 3.86. The van der Waals surface area contributed by atoms with Gasteiger partial charge in [-0.2, -0.15) is 0 Å². The number of ketones is 1. The molecular weight excluding hydrogens is 432 g/mol. The van der Waals surface area contributed by atoms with E-state index in [-0.39, 0.29) is 12.2 Å². The Labute approximate surface area is 201 Å². The van der Waals surface area contributed by atoms with Crippen molar-refractivity contribution in [1.82, 2.24) is 4.57 Å². The smallest absolute Gasteiger partial charge is 0.412 e. The van der Waals surface area contributed by atoms with Crippen molar-refractivity contribution in [3.8, 4) is 11.5 Å². The number of Topliss-reactive ketones (excluding diaryl/α,β-unsaturated/α-hetero) is 1. The number of aromatic nitrogens is 1. The highest BCUT2D eigenvalue weighted by molar-refractivity contribution is 5.89. The van der Waals surface area contributed by atoms with Gasteiger partial charge in [0.15, 0.2) is 0 Å². The minimum absolute atomic E-state index is 0.0675. The topological polar surface area (TPSA) is 78.8 Å². The minimum Gasteiger partial charge on any atom is -0.497 e. The van der Waals surface area contributed by atoms with Crippen LogP contribution in [0, 0.1) is 0 Å². The summed E-state index contributed by atoms with van der Waals surface area (Å²) < 4.78 is 18.2. The number of amides is 1. The lowest BCUT2D eigenvalue weighted by Crippen LogP contribution is -2.27. The molecule has 1 heterocycles. The van der Waals surface area contributed by atoms with Gasteiger partial charge in [0.1, 0.15) is 22.9 Å². The normalized spacial score (nSPS) is 11.4. The Morgan fingerprint density at radius 2 is 1.65 bits per heavy atom. The molecule has 0 aliphatic heterocycles. The van der Waals surface area contributed by atoms with Crippen molar-refractivity contribution in [3.05, 3.63) is 53.7 Å². The summed E-state index contributed by atoms with van der Waals surface area (Å²) in [5.41, 5.74) is 2.86.